The second kappa shape index (κ2) is 6.18. The first-order valence-corrected chi connectivity index (χ1v) is 6.58. The molecule has 18 heavy (non-hydrogen) atoms. The van der Waals surface area contributed by atoms with Crippen LogP contribution in [0.5, 0.6) is 11.6 Å². The summed E-state index contributed by atoms with van der Waals surface area (Å²) in [5.74, 6) is 1.31. The van der Waals surface area contributed by atoms with Crippen LogP contribution in [0.25, 0.3) is 0 Å². The third-order valence-electron chi connectivity index (χ3n) is 2.29. The number of aromatic nitrogens is 1. The van der Waals surface area contributed by atoms with Crippen LogP contribution in [0.2, 0.25) is 5.02 Å². The van der Waals surface area contributed by atoms with E-state index >= 15 is 0 Å². The summed E-state index contributed by atoms with van der Waals surface area (Å²) in [6.07, 6.45) is 1.71. The van der Waals surface area contributed by atoms with Gasteiger partial charge in [-0.1, -0.05) is 11.6 Å². The first kappa shape index (κ1) is 13.3. The van der Waals surface area contributed by atoms with Gasteiger partial charge >= 0.3 is 0 Å². The van der Waals surface area contributed by atoms with Gasteiger partial charge in [0.05, 0.1) is 0 Å². The number of rotatable bonds is 4. The third-order valence-corrected chi connectivity index (χ3v) is 2.97. The number of ether oxygens (including phenoxy) is 1. The van der Waals surface area contributed by atoms with Crippen LogP contribution in [0.3, 0.4) is 0 Å². The summed E-state index contributed by atoms with van der Waals surface area (Å²) in [5.41, 5.74) is 0.988. The molecule has 0 unspecified atom stereocenters. The van der Waals surface area contributed by atoms with Crippen molar-refractivity contribution in [2.75, 3.05) is 7.05 Å². The summed E-state index contributed by atoms with van der Waals surface area (Å²) < 4.78 is 6.67. The molecule has 0 aliphatic heterocycles. The van der Waals surface area contributed by atoms with Gasteiger partial charge in [0.15, 0.2) is 0 Å². The normalized spacial score (nSPS) is 10.4. The predicted molar refractivity (Wildman–Crippen MR) is 76.2 cm³/mol. The zero-order valence-corrected chi connectivity index (χ0v) is 12.1. The molecule has 0 radical (unpaired) electrons. The Hall–Kier alpha value is -1.10. The lowest BCUT2D eigenvalue weighted by atomic mass is 10.2. The SMILES string of the molecule is CNCc1cc(Br)cnc1Oc1ccc(Cl)cc1. The Bertz CT molecular complexity index is 531. The molecule has 0 saturated heterocycles. The van der Waals surface area contributed by atoms with Crippen LogP contribution in [-0.2, 0) is 6.54 Å². The van der Waals surface area contributed by atoms with E-state index in [1.54, 1.807) is 18.3 Å². The van der Waals surface area contributed by atoms with Crippen LogP contribution < -0.4 is 10.1 Å². The van der Waals surface area contributed by atoms with Gasteiger partial charge in [-0.15, -0.1) is 0 Å². The molecule has 2 aromatic rings. The van der Waals surface area contributed by atoms with Gasteiger partial charge in [0.2, 0.25) is 5.88 Å². The fraction of sp³-hybridized carbons (Fsp3) is 0.154. The Morgan fingerprint density at radius 2 is 2.06 bits per heavy atom. The van der Waals surface area contributed by atoms with E-state index in [4.69, 9.17) is 16.3 Å². The monoisotopic (exact) mass is 326 g/mol. The molecule has 1 aromatic heterocycles. The van der Waals surface area contributed by atoms with Crippen LogP contribution in [0.15, 0.2) is 41.0 Å². The van der Waals surface area contributed by atoms with Crippen molar-refractivity contribution in [1.82, 2.24) is 10.3 Å². The molecule has 0 aliphatic rings. The zero-order chi connectivity index (χ0) is 13.0. The highest BCUT2D eigenvalue weighted by Crippen LogP contribution is 2.26. The number of hydrogen-bond donors (Lipinski definition) is 1. The van der Waals surface area contributed by atoms with Crippen molar-refractivity contribution >= 4 is 27.5 Å². The van der Waals surface area contributed by atoms with Crippen molar-refractivity contribution in [2.45, 2.75) is 6.54 Å². The van der Waals surface area contributed by atoms with Gasteiger partial charge in [0.25, 0.3) is 0 Å². The Morgan fingerprint density at radius 3 is 2.72 bits per heavy atom. The van der Waals surface area contributed by atoms with Crippen LogP contribution in [0.1, 0.15) is 5.56 Å². The quantitative estimate of drug-likeness (QED) is 0.921. The Balaban J connectivity index is 2.25. The Morgan fingerprint density at radius 1 is 1.33 bits per heavy atom. The molecule has 0 bridgehead atoms. The smallest absolute Gasteiger partial charge is 0.223 e. The van der Waals surface area contributed by atoms with Gasteiger partial charge in [0.1, 0.15) is 5.75 Å². The van der Waals surface area contributed by atoms with Crippen molar-refractivity contribution in [3.8, 4) is 11.6 Å². The molecule has 1 heterocycles. The van der Waals surface area contributed by atoms with E-state index < -0.39 is 0 Å². The molecule has 0 atom stereocenters. The molecule has 0 aliphatic carbocycles. The molecule has 2 rings (SSSR count). The lowest BCUT2D eigenvalue weighted by Crippen LogP contribution is -2.07. The lowest BCUT2D eigenvalue weighted by Gasteiger charge is -2.10. The maximum atomic E-state index is 5.83. The zero-order valence-electron chi connectivity index (χ0n) is 9.78. The molecule has 3 nitrogen and oxygen atoms in total. The number of halogens is 2. The number of benzene rings is 1. The molecular weight excluding hydrogens is 316 g/mol. The van der Waals surface area contributed by atoms with Crippen molar-refractivity contribution in [3.05, 3.63) is 51.6 Å². The molecule has 0 saturated carbocycles. The van der Waals surface area contributed by atoms with Gasteiger partial charge in [-0.3, -0.25) is 0 Å². The van der Waals surface area contributed by atoms with Crippen molar-refractivity contribution in [2.24, 2.45) is 0 Å². The number of hydrogen-bond acceptors (Lipinski definition) is 3. The fourth-order valence-electron chi connectivity index (χ4n) is 1.49. The highest BCUT2D eigenvalue weighted by Gasteiger charge is 2.07. The van der Waals surface area contributed by atoms with Gasteiger partial charge in [-0.25, -0.2) is 4.98 Å². The fourth-order valence-corrected chi connectivity index (χ4v) is 2.00. The average molecular weight is 328 g/mol. The summed E-state index contributed by atoms with van der Waals surface area (Å²) >= 11 is 9.23. The van der Waals surface area contributed by atoms with Crippen LogP contribution >= 0.6 is 27.5 Å². The van der Waals surface area contributed by atoms with E-state index in [2.05, 4.69) is 26.2 Å². The molecule has 0 fully saturated rings. The molecule has 0 amide bonds. The van der Waals surface area contributed by atoms with Crippen LogP contribution in [-0.4, -0.2) is 12.0 Å². The molecule has 94 valence electrons. The Labute approximate surface area is 119 Å². The van der Waals surface area contributed by atoms with E-state index in [9.17, 15) is 0 Å². The van der Waals surface area contributed by atoms with E-state index in [0.29, 0.717) is 23.2 Å². The maximum Gasteiger partial charge on any atom is 0.223 e. The van der Waals surface area contributed by atoms with Crippen molar-refractivity contribution in [3.63, 3.8) is 0 Å². The van der Waals surface area contributed by atoms with Crippen molar-refractivity contribution < 1.29 is 4.74 Å². The van der Waals surface area contributed by atoms with Gasteiger partial charge < -0.3 is 10.1 Å². The molecule has 0 spiro atoms. The van der Waals surface area contributed by atoms with E-state index in [1.165, 1.54) is 0 Å². The molecule has 1 aromatic carbocycles. The second-order valence-electron chi connectivity index (χ2n) is 3.70. The van der Waals surface area contributed by atoms with Crippen LogP contribution in [0, 0.1) is 0 Å². The summed E-state index contributed by atoms with van der Waals surface area (Å²) in [7, 11) is 1.88. The molecule has 5 heteroatoms. The minimum atomic E-state index is 0.592. The van der Waals surface area contributed by atoms with Gasteiger partial charge in [-0.05, 0) is 53.3 Å². The predicted octanol–water partition coefficient (Wildman–Crippen LogP) is 4.01. The first-order chi connectivity index (χ1) is 8.69. The summed E-state index contributed by atoms with van der Waals surface area (Å²) in [6, 6.07) is 9.18. The molecule has 1 N–H and O–H groups in total. The van der Waals surface area contributed by atoms with Crippen LogP contribution in [0.4, 0.5) is 0 Å². The summed E-state index contributed by atoms with van der Waals surface area (Å²) in [4.78, 5) is 4.27. The lowest BCUT2D eigenvalue weighted by molar-refractivity contribution is 0.454. The maximum absolute atomic E-state index is 5.83. The summed E-state index contributed by atoms with van der Waals surface area (Å²) in [5, 5.41) is 3.77. The Kier molecular flexibility index (Phi) is 4.58. The molecular formula is C13H12BrClN2O. The van der Waals surface area contributed by atoms with Crippen molar-refractivity contribution in [1.29, 1.82) is 0 Å². The minimum absolute atomic E-state index is 0.592. The third kappa shape index (κ3) is 3.45. The average Bonchev–Trinajstić information content (AvgIpc) is 2.36. The van der Waals surface area contributed by atoms with E-state index in [1.807, 2.05) is 25.2 Å². The highest BCUT2D eigenvalue weighted by atomic mass is 79.9. The second-order valence-corrected chi connectivity index (χ2v) is 5.06. The largest absolute Gasteiger partial charge is 0.439 e. The number of pyridine rings is 1. The van der Waals surface area contributed by atoms with Gasteiger partial charge in [0, 0.05) is 27.8 Å². The number of nitrogens with one attached hydrogen (secondary N) is 1. The highest BCUT2D eigenvalue weighted by molar-refractivity contribution is 9.10. The van der Waals surface area contributed by atoms with E-state index in [-0.39, 0.29) is 0 Å². The topological polar surface area (TPSA) is 34.2 Å². The minimum Gasteiger partial charge on any atom is -0.439 e. The number of nitrogens with zero attached hydrogens (tertiary/aromatic N) is 1. The standard InChI is InChI=1S/C13H12BrClN2O/c1-16-7-9-6-10(14)8-17-13(9)18-12-4-2-11(15)3-5-12/h2-6,8,16H,7H2,1H3. The van der Waals surface area contributed by atoms with Gasteiger partial charge in [-0.2, -0.15) is 0 Å². The van der Waals surface area contributed by atoms with E-state index in [0.717, 1.165) is 10.0 Å². The summed E-state index contributed by atoms with van der Waals surface area (Å²) in [6.45, 7) is 0.690. The first-order valence-electron chi connectivity index (χ1n) is 5.41.